The zero-order chi connectivity index (χ0) is 15.6. The quantitative estimate of drug-likeness (QED) is 0.870. The molecule has 118 valence electrons. The normalized spacial score (nSPS) is 21.3. The molecule has 5 heteroatoms. The molecule has 1 fully saturated rings. The fourth-order valence-electron chi connectivity index (χ4n) is 3.20. The van der Waals surface area contributed by atoms with E-state index >= 15 is 0 Å². The largest absolute Gasteiger partial charge is 0.471 e. The Balaban J connectivity index is 1.50. The van der Waals surface area contributed by atoms with Crippen molar-refractivity contribution in [3.05, 3.63) is 47.9 Å². The van der Waals surface area contributed by atoms with E-state index in [4.69, 9.17) is 10.00 Å². The number of nitriles is 1. The average Bonchev–Trinajstić information content (AvgIpc) is 3.30. The molecule has 0 amide bonds. The van der Waals surface area contributed by atoms with E-state index in [0.29, 0.717) is 11.4 Å². The molecule has 2 aliphatic rings. The van der Waals surface area contributed by atoms with E-state index in [9.17, 15) is 0 Å². The Labute approximate surface area is 136 Å². The van der Waals surface area contributed by atoms with Gasteiger partial charge in [-0.25, -0.2) is 4.98 Å². The molecule has 1 aliphatic heterocycles. The number of hydrogen-bond donors (Lipinski definition) is 0. The fraction of sp³-hybridized carbons (Fsp3) is 0.444. The number of nitrogens with zero attached hydrogens (tertiary/aromatic N) is 4. The first-order valence-corrected chi connectivity index (χ1v) is 8.19. The molecule has 0 radical (unpaired) electrons. The molecule has 1 aliphatic carbocycles. The van der Waals surface area contributed by atoms with Gasteiger partial charge in [0.15, 0.2) is 0 Å². The van der Waals surface area contributed by atoms with Crippen LogP contribution in [0.15, 0.2) is 36.7 Å². The summed E-state index contributed by atoms with van der Waals surface area (Å²) < 4.78 is 8.39. The Morgan fingerprint density at radius 1 is 1.26 bits per heavy atom. The molecule has 0 bridgehead atoms. The second-order valence-electron chi connectivity index (χ2n) is 6.53. The van der Waals surface area contributed by atoms with Gasteiger partial charge >= 0.3 is 0 Å². The molecule has 0 spiro atoms. The van der Waals surface area contributed by atoms with Gasteiger partial charge < -0.3 is 9.30 Å². The predicted molar refractivity (Wildman–Crippen MR) is 85.8 cm³/mol. The van der Waals surface area contributed by atoms with Gasteiger partial charge in [0.05, 0.1) is 12.1 Å². The van der Waals surface area contributed by atoms with Gasteiger partial charge in [0.1, 0.15) is 12.2 Å². The number of hydrogen-bond acceptors (Lipinski definition) is 4. The molecule has 0 saturated heterocycles. The van der Waals surface area contributed by atoms with Crippen LogP contribution < -0.4 is 4.74 Å². The summed E-state index contributed by atoms with van der Waals surface area (Å²) in [5, 5.41) is 8.86. The second-order valence-corrected chi connectivity index (χ2v) is 6.53. The molecule has 1 atom stereocenters. The van der Waals surface area contributed by atoms with Gasteiger partial charge in [0.2, 0.25) is 5.88 Å². The van der Waals surface area contributed by atoms with E-state index in [-0.39, 0.29) is 6.10 Å². The lowest BCUT2D eigenvalue weighted by molar-refractivity contribution is 0.120. The molecule has 23 heavy (non-hydrogen) atoms. The van der Waals surface area contributed by atoms with Gasteiger partial charge in [-0.2, -0.15) is 5.26 Å². The van der Waals surface area contributed by atoms with Crippen molar-refractivity contribution in [1.82, 2.24) is 14.5 Å². The van der Waals surface area contributed by atoms with Crippen LogP contribution in [0, 0.1) is 17.2 Å². The van der Waals surface area contributed by atoms with E-state index in [1.807, 2.05) is 0 Å². The number of rotatable bonds is 4. The van der Waals surface area contributed by atoms with Crippen molar-refractivity contribution in [3.63, 3.8) is 0 Å². The van der Waals surface area contributed by atoms with E-state index in [2.05, 4.69) is 38.8 Å². The molecule has 2 aromatic heterocycles. The van der Waals surface area contributed by atoms with Crippen LogP contribution in [0.1, 0.15) is 24.1 Å². The first-order chi connectivity index (χ1) is 11.3. The Hall–Kier alpha value is -2.32. The van der Waals surface area contributed by atoms with Crippen molar-refractivity contribution in [3.8, 4) is 11.9 Å². The third-order valence-electron chi connectivity index (χ3n) is 4.54. The van der Waals surface area contributed by atoms with Gasteiger partial charge in [0, 0.05) is 43.8 Å². The van der Waals surface area contributed by atoms with Gasteiger partial charge in [-0.15, -0.1) is 0 Å². The highest BCUT2D eigenvalue weighted by molar-refractivity contribution is 5.28. The maximum atomic E-state index is 8.86. The minimum atomic E-state index is 0.0721. The number of aromatic nitrogens is 2. The van der Waals surface area contributed by atoms with Crippen LogP contribution in [0.25, 0.3) is 0 Å². The summed E-state index contributed by atoms with van der Waals surface area (Å²) in [5.41, 5.74) is 1.91. The zero-order valence-electron chi connectivity index (χ0n) is 13.1. The van der Waals surface area contributed by atoms with E-state index in [1.165, 1.54) is 18.5 Å². The van der Waals surface area contributed by atoms with E-state index < -0.39 is 0 Å². The number of fused-ring (bicyclic) bond motifs is 1. The van der Waals surface area contributed by atoms with Crippen LogP contribution in [0.5, 0.6) is 5.88 Å². The standard InChI is InChI=1S/C18H20N4O/c19-8-15-5-6-18(20-9-15)23-17-12-21(10-14-3-4-14)11-16-2-1-7-22(16)13-17/h1-2,5-7,9,14,17H,3-4,10-13H2/t17-/m1/s1. The molecule has 1 saturated carbocycles. The highest BCUT2D eigenvalue weighted by Gasteiger charge is 2.29. The summed E-state index contributed by atoms with van der Waals surface area (Å²) >= 11 is 0. The Morgan fingerprint density at radius 3 is 2.91 bits per heavy atom. The molecule has 3 heterocycles. The summed E-state index contributed by atoms with van der Waals surface area (Å²) in [4.78, 5) is 6.75. The molecule has 0 aromatic carbocycles. The monoisotopic (exact) mass is 308 g/mol. The van der Waals surface area contributed by atoms with Crippen molar-refractivity contribution >= 4 is 0 Å². The van der Waals surface area contributed by atoms with E-state index in [0.717, 1.165) is 32.1 Å². The van der Waals surface area contributed by atoms with Crippen molar-refractivity contribution in [2.45, 2.75) is 32.0 Å². The lowest BCUT2D eigenvalue weighted by Gasteiger charge is -2.24. The van der Waals surface area contributed by atoms with Crippen LogP contribution in [0.2, 0.25) is 0 Å². The van der Waals surface area contributed by atoms with Gasteiger partial charge in [-0.05, 0) is 37.0 Å². The van der Waals surface area contributed by atoms with E-state index in [1.54, 1.807) is 18.3 Å². The Morgan fingerprint density at radius 2 is 2.17 bits per heavy atom. The minimum Gasteiger partial charge on any atom is -0.471 e. The second kappa shape index (κ2) is 6.05. The summed E-state index contributed by atoms with van der Waals surface area (Å²) in [5.74, 6) is 1.46. The summed E-state index contributed by atoms with van der Waals surface area (Å²) in [6, 6.07) is 9.92. The van der Waals surface area contributed by atoms with Crippen LogP contribution in [-0.4, -0.2) is 33.6 Å². The first-order valence-electron chi connectivity index (χ1n) is 8.19. The lowest BCUT2D eigenvalue weighted by atomic mass is 10.3. The molecule has 0 N–H and O–H groups in total. The van der Waals surface area contributed by atoms with Gasteiger partial charge in [0.25, 0.3) is 0 Å². The molecule has 0 unspecified atom stereocenters. The smallest absolute Gasteiger partial charge is 0.213 e. The lowest BCUT2D eigenvalue weighted by Crippen LogP contribution is -2.36. The van der Waals surface area contributed by atoms with Crippen LogP contribution >= 0.6 is 0 Å². The SMILES string of the molecule is N#Cc1ccc(O[C@@H]2CN(CC3CC3)Cc3cccn3C2)nc1. The number of pyridine rings is 1. The first kappa shape index (κ1) is 14.3. The third kappa shape index (κ3) is 3.38. The van der Waals surface area contributed by atoms with Crippen LogP contribution in [0.3, 0.4) is 0 Å². The molecule has 5 nitrogen and oxygen atoms in total. The topological polar surface area (TPSA) is 54.1 Å². The van der Waals surface area contributed by atoms with Gasteiger partial charge in [-0.1, -0.05) is 0 Å². The summed E-state index contributed by atoms with van der Waals surface area (Å²) in [6.07, 6.45) is 6.48. The van der Waals surface area contributed by atoms with Crippen LogP contribution in [-0.2, 0) is 13.1 Å². The average molecular weight is 308 g/mol. The highest BCUT2D eigenvalue weighted by Crippen LogP contribution is 2.31. The molecular weight excluding hydrogens is 288 g/mol. The fourth-order valence-corrected chi connectivity index (χ4v) is 3.20. The molecule has 4 rings (SSSR count). The van der Waals surface area contributed by atoms with Crippen molar-refractivity contribution in [1.29, 1.82) is 5.26 Å². The van der Waals surface area contributed by atoms with Crippen molar-refractivity contribution in [2.24, 2.45) is 5.92 Å². The van der Waals surface area contributed by atoms with Crippen molar-refractivity contribution < 1.29 is 4.74 Å². The predicted octanol–water partition coefficient (Wildman–Crippen LogP) is 2.43. The number of ether oxygens (including phenoxy) is 1. The summed E-state index contributed by atoms with van der Waals surface area (Å²) in [7, 11) is 0. The third-order valence-corrected chi connectivity index (χ3v) is 4.54. The zero-order valence-corrected chi connectivity index (χ0v) is 13.1. The molecule has 2 aromatic rings. The maximum Gasteiger partial charge on any atom is 0.213 e. The summed E-state index contributed by atoms with van der Waals surface area (Å²) in [6.45, 7) is 3.90. The minimum absolute atomic E-state index is 0.0721. The highest BCUT2D eigenvalue weighted by atomic mass is 16.5. The Bertz CT molecular complexity index is 711. The van der Waals surface area contributed by atoms with Crippen LogP contribution in [0.4, 0.5) is 0 Å². The maximum absolute atomic E-state index is 8.86. The van der Waals surface area contributed by atoms with Crippen molar-refractivity contribution in [2.75, 3.05) is 13.1 Å². The molecular formula is C18H20N4O. The van der Waals surface area contributed by atoms with Gasteiger partial charge in [-0.3, -0.25) is 4.90 Å². The Kier molecular flexibility index (Phi) is 3.76.